The van der Waals surface area contributed by atoms with E-state index in [1.54, 1.807) is 11.9 Å². The number of amides is 1. The maximum Gasteiger partial charge on any atom is 0.267 e. The number of benzene rings is 2. The molecule has 25 heavy (non-hydrogen) atoms. The minimum absolute atomic E-state index is 0.0845. The first-order valence-corrected chi connectivity index (χ1v) is 8.39. The van der Waals surface area contributed by atoms with Crippen LogP contribution in [0.5, 0.6) is 11.5 Å². The van der Waals surface area contributed by atoms with Crippen LogP contribution in [-0.4, -0.2) is 44.2 Å². The highest BCUT2D eigenvalue weighted by Gasteiger charge is 2.35. The van der Waals surface area contributed by atoms with E-state index in [-0.39, 0.29) is 12.0 Å². The zero-order valence-electron chi connectivity index (χ0n) is 15.1. The molecule has 0 saturated heterocycles. The summed E-state index contributed by atoms with van der Waals surface area (Å²) in [5.74, 6) is 1.21. The molecule has 0 spiro atoms. The minimum Gasteiger partial charge on any atom is -0.482 e. The molecule has 5 nitrogen and oxygen atoms in total. The Bertz CT molecular complexity index is 743. The van der Waals surface area contributed by atoms with Crippen molar-refractivity contribution >= 4 is 11.6 Å². The molecule has 2 aromatic carbocycles. The van der Waals surface area contributed by atoms with Gasteiger partial charge in [-0.2, -0.15) is 0 Å². The lowest BCUT2D eigenvalue weighted by atomic mass is 10.1. The second-order valence-electron chi connectivity index (χ2n) is 6.56. The number of ether oxygens (including phenoxy) is 2. The Morgan fingerprint density at radius 2 is 1.56 bits per heavy atom. The van der Waals surface area contributed by atoms with E-state index in [1.165, 1.54) is 0 Å². The molecular formula is C20H24N2O3. The summed E-state index contributed by atoms with van der Waals surface area (Å²) in [6.45, 7) is 2.39. The van der Waals surface area contributed by atoms with Gasteiger partial charge in [-0.25, -0.2) is 0 Å². The van der Waals surface area contributed by atoms with E-state index in [0.717, 1.165) is 11.3 Å². The monoisotopic (exact) mass is 340 g/mol. The van der Waals surface area contributed by atoms with Crippen LogP contribution in [0.2, 0.25) is 0 Å². The quantitative estimate of drug-likeness (QED) is 0.858. The molecule has 1 heterocycles. The number of hydrogen-bond acceptors (Lipinski definition) is 4. The Hall–Kier alpha value is -2.69. The zero-order valence-corrected chi connectivity index (χ0v) is 15.1. The van der Waals surface area contributed by atoms with Gasteiger partial charge in [0.2, 0.25) is 6.10 Å². The van der Waals surface area contributed by atoms with Crippen LogP contribution in [0.3, 0.4) is 0 Å². The molecule has 0 radical (unpaired) electrons. The zero-order chi connectivity index (χ0) is 18.0. The summed E-state index contributed by atoms with van der Waals surface area (Å²) in [5.41, 5.74) is 2.21. The van der Waals surface area contributed by atoms with E-state index in [2.05, 4.69) is 0 Å². The largest absolute Gasteiger partial charge is 0.482 e. The van der Waals surface area contributed by atoms with Gasteiger partial charge in [-0.3, -0.25) is 4.79 Å². The first kappa shape index (κ1) is 17.1. The highest BCUT2D eigenvalue weighted by atomic mass is 16.6. The summed E-state index contributed by atoms with van der Waals surface area (Å²) in [6, 6.07) is 15.6. The fourth-order valence-corrected chi connectivity index (χ4v) is 2.86. The normalized spacial score (nSPS) is 18.6. The summed E-state index contributed by atoms with van der Waals surface area (Å²) in [7, 11) is 5.80. The topological polar surface area (TPSA) is 42.0 Å². The highest BCUT2D eigenvalue weighted by Crippen LogP contribution is 2.33. The number of carbonyl (C=O) groups excluding carboxylic acids is 1. The number of nitrogens with zero attached hydrogens (tertiary/aromatic N) is 2. The molecule has 1 aliphatic rings. The van der Waals surface area contributed by atoms with Crippen molar-refractivity contribution in [2.45, 2.75) is 25.7 Å². The van der Waals surface area contributed by atoms with Crippen molar-refractivity contribution in [2.24, 2.45) is 0 Å². The number of likely N-dealkylation sites (N-methyl/N-ethyl adjacent to an activating group) is 1. The summed E-state index contributed by atoms with van der Waals surface area (Å²) >= 11 is 0. The standard InChI is InChI=1S/C20H24N2O3/c1-14-19(25-18-8-6-5-7-17(18)24-14)20(23)22(4)13-15-9-11-16(12-10-15)21(2)3/h5-12,14,19H,13H2,1-4H3/t14-,19-/m1/s1. The molecule has 0 aromatic heterocycles. The van der Waals surface area contributed by atoms with Gasteiger partial charge in [0.1, 0.15) is 6.10 Å². The fourth-order valence-electron chi connectivity index (χ4n) is 2.86. The molecule has 0 saturated carbocycles. The third-order valence-electron chi connectivity index (χ3n) is 4.33. The van der Waals surface area contributed by atoms with E-state index in [0.29, 0.717) is 18.0 Å². The molecule has 0 aliphatic carbocycles. The highest BCUT2D eigenvalue weighted by molar-refractivity contribution is 5.82. The summed E-state index contributed by atoms with van der Waals surface area (Å²) in [6.07, 6.45) is -0.970. The Morgan fingerprint density at radius 3 is 2.16 bits per heavy atom. The average Bonchev–Trinajstić information content (AvgIpc) is 2.61. The van der Waals surface area contributed by atoms with Crippen LogP contribution < -0.4 is 14.4 Å². The van der Waals surface area contributed by atoms with Crippen molar-refractivity contribution in [1.29, 1.82) is 0 Å². The molecular weight excluding hydrogens is 316 g/mol. The van der Waals surface area contributed by atoms with E-state index in [4.69, 9.17) is 9.47 Å². The molecule has 2 atom stereocenters. The maximum absolute atomic E-state index is 12.8. The Labute approximate surface area is 148 Å². The Balaban J connectivity index is 1.68. The molecule has 0 fully saturated rings. The third-order valence-corrected chi connectivity index (χ3v) is 4.33. The molecule has 5 heteroatoms. The van der Waals surface area contributed by atoms with E-state index in [1.807, 2.05) is 74.4 Å². The lowest BCUT2D eigenvalue weighted by molar-refractivity contribution is -0.143. The van der Waals surface area contributed by atoms with Crippen molar-refractivity contribution < 1.29 is 14.3 Å². The maximum atomic E-state index is 12.8. The number of hydrogen-bond donors (Lipinski definition) is 0. The smallest absolute Gasteiger partial charge is 0.267 e. The van der Waals surface area contributed by atoms with Gasteiger partial charge in [0.25, 0.3) is 5.91 Å². The Kier molecular flexibility index (Phi) is 4.83. The van der Waals surface area contributed by atoms with Crippen LogP contribution >= 0.6 is 0 Å². The molecule has 132 valence electrons. The first-order valence-electron chi connectivity index (χ1n) is 8.39. The van der Waals surface area contributed by atoms with Gasteiger partial charge in [-0.15, -0.1) is 0 Å². The summed E-state index contributed by atoms with van der Waals surface area (Å²) in [5, 5.41) is 0. The summed E-state index contributed by atoms with van der Waals surface area (Å²) in [4.78, 5) is 16.5. The predicted molar refractivity (Wildman–Crippen MR) is 98.2 cm³/mol. The van der Waals surface area contributed by atoms with Gasteiger partial charge in [0, 0.05) is 33.4 Å². The van der Waals surface area contributed by atoms with E-state index < -0.39 is 6.10 Å². The third kappa shape index (κ3) is 3.71. The van der Waals surface area contributed by atoms with E-state index >= 15 is 0 Å². The Morgan fingerprint density at radius 1 is 0.960 bits per heavy atom. The number of carbonyl (C=O) groups is 1. The van der Waals surface area contributed by atoms with Gasteiger partial charge in [-0.1, -0.05) is 24.3 Å². The number of para-hydroxylation sites is 2. The van der Waals surface area contributed by atoms with Crippen molar-refractivity contribution in [2.75, 3.05) is 26.0 Å². The second kappa shape index (κ2) is 7.05. The van der Waals surface area contributed by atoms with Gasteiger partial charge in [0.15, 0.2) is 11.5 Å². The van der Waals surface area contributed by atoms with Crippen molar-refractivity contribution in [3.63, 3.8) is 0 Å². The van der Waals surface area contributed by atoms with Crippen molar-refractivity contribution in [3.8, 4) is 11.5 Å². The SMILES string of the molecule is C[C@H]1Oc2ccccc2O[C@H]1C(=O)N(C)Cc1ccc(N(C)C)cc1. The molecule has 2 aromatic rings. The van der Waals surface area contributed by atoms with Gasteiger partial charge in [0.05, 0.1) is 0 Å². The minimum atomic E-state index is -0.638. The van der Waals surface area contributed by atoms with Crippen LogP contribution in [-0.2, 0) is 11.3 Å². The lowest BCUT2D eigenvalue weighted by Gasteiger charge is -2.33. The fraction of sp³-hybridized carbons (Fsp3) is 0.350. The van der Waals surface area contributed by atoms with Gasteiger partial charge >= 0.3 is 0 Å². The second-order valence-corrected chi connectivity index (χ2v) is 6.56. The number of rotatable bonds is 4. The van der Waals surface area contributed by atoms with Gasteiger partial charge < -0.3 is 19.3 Å². The summed E-state index contributed by atoms with van der Waals surface area (Å²) < 4.78 is 11.7. The van der Waals surface area contributed by atoms with Crippen LogP contribution in [0.25, 0.3) is 0 Å². The van der Waals surface area contributed by atoms with Gasteiger partial charge in [-0.05, 0) is 36.8 Å². The first-order chi connectivity index (χ1) is 12.0. The molecule has 0 bridgehead atoms. The van der Waals surface area contributed by atoms with Crippen molar-refractivity contribution in [1.82, 2.24) is 4.90 Å². The van der Waals surface area contributed by atoms with Crippen LogP contribution in [0, 0.1) is 0 Å². The molecule has 0 N–H and O–H groups in total. The average molecular weight is 340 g/mol. The molecule has 1 aliphatic heterocycles. The molecule has 3 rings (SSSR count). The predicted octanol–water partition coefficient (Wildman–Crippen LogP) is 2.94. The lowest BCUT2D eigenvalue weighted by Crippen LogP contribution is -2.49. The van der Waals surface area contributed by atoms with Crippen LogP contribution in [0.4, 0.5) is 5.69 Å². The van der Waals surface area contributed by atoms with Crippen LogP contribution in [0.15, 0.2) is 48.5 Å². The molecule has 0 unspecified atom stereocenters. The number of fused-ring (bicyclic) bond motifs is 1. The number of anilines is 1. The molecule has 1 amide bonds. The van der Waals surface area contributed by atoms with Crippen LogP contribution in [0.1, 0.15) is 12.5 Å². The van der Waals surface area contributed by atoms with Crippen molar-refractivity contribution in [3.05, 3.63) is 54.1 Å². The van der Waals surface area contributed by atoms with E-state index in [9.17, 15) is 4.79 Å².